The molecule has 0 heterocycles. The largest absolute Gasteiger partial charge is 0.475 e. The van der Waals surface area contributed by atoms with Gasteiger partial charge in [0, 0.05) is 0 Å². The van der Waals surface area contributed by atoms with Crippen molar-refractivity contribution in [2.75, 3.05) is 0 Å². The van der Waals surface area contributed by atoms with Crippen LogP contribution in [0.3, 0.4) is 0 Å². The lowest BCUT2D eigenvalue weighted by atomic mass is 9.54. The van der Waals surface area contributed by atoms with E-state index < -0.39 is 17.7 Å². The van der Waals surface area contributed by atoms with Crippen LogP contribution < -0.4 is 0 Å². The summed E-state index contributed by atoms with van der Waals surface area (Å²) >= 11 is 0. The molecule has 4 aliphatic rings. The Kier molecular flexibility index (Phi) is 2.28. The minimum Gasteiger partial charge on any atom is -0.475 e. The third-order valence-electron chi connectivity index (χ3n) is 4.58. The zero-order chi connectivity index (χ0) is 12.3. The first-order chi connectivity index (χ1) is 7.89. The maximum Gasteiger partial charge on any atom is 0.456 e. The molecule has 0 aromatic carbocycles. The molecule has 0 spiro atoms. The van der Waals surface area contributed by atoms with Crippen molar-refractivity contribution in [3.63, 3.8) is 0 Å². The standard InChI is InChI=1S/C12H16F2O3/c13-12(14,10(15)16)17-11-4-7-1-8(5-11)3-9(2-7)6-11/h7-9H,1-6H2,(H,15,16). The highest BCUT2D eigenvalue weighted by molar-refractivity contribution is 5.73. The summed E-state index contributed by atoms with van der Waals surface area (Å²) in [7, 11) is 0. The van der Waals surface area contributed by atoms with Crippen LogP contribution in [0.4, 0.5) is 8.78 Å². The zero-order valence-corrected chi connectivity index (χ0v) is 9.49. The molecule has 17 heavy (non-hydrogen) atoms. The molecular formula is C12H16F2O3. The van der Waals surface area contributed by atoms with Gasteiger partial charge in [-0.15, -0.1) is 0 Å². The molecule has 0 aromatic rings. The molecule has 96 valence electrons. The number of halogens is 2. The van der Waals surface area contributed by atoms with E-state index in [1.807, 2.05) is 0 Å². The quantitative estimate of drug-likeness (QED) is 0.832. The molecule has 0 amide bonds. The predicted octanol–water partition coefficient (Wildman–Crippen LogP) is 2.65. The van der Waals surface area contributed by atoms with Crippen LogP contribution in [0.1, 0.15) is 38.5 Å². The summed E-state index contributed by atoms with van der Waals surface area (Å²) in [5.41, 5.74) is -0.864. The Morgan fingerprint density at radius 1 is 1.12 bits per heavy atom. The molecule has 5 heteroatoms. The summed E-state index contributed by atoms with van der Waals surface area (Å²) in [5, 5.41) is 8.47. The molecule has 1 N–H and O–H groups in total. The first kappa shape index (κ1) is 11.4. The molecule has 4 fully saturated rings. The van der Waals surface area contributed by atoms with E-state index >= 15 is 0 Å². The number of carbonyl (C=O) groups is 1. The Balaban J connectivity index is 1.80. The minimum absolute atomic E-state index is 0.464. The number of rotatable bonds is 3. The van der Waals surface area contributed by atoms with Gasteiger partial charge in [0.2, 0.25) is 0 Å². The number of aliphatic carboxylic acids is 1. The summed E-state index contributed by atoms with van der Waals surface area (Å²) in [6.07, 6.45) is 1.14. The van der Waals surface area contributed by atoms with E-state index in [4.69, 9.17) is 9.84 Å². The molecule has 4 rings (SSSR count). The third-order valence-corrected chi connectivity index (χ3v) is 4.58. The Morgan fingerprint density at radius 2 is 1.53 bits per heavy atom. The lowest BCUT2D eigenvalue weighted by molar-refractivity contribution is -0.314. The highest BCUT2D eigenvalue weighted by Crippen LogP contribution is 2.58. The SMILES string of the molecule is O=C(O)C(F)(F)OC12CC3CC(CC(C3)C1)C2. The van der Waals surface area contributed by atoms with E-state index in [1.54, 1.807) is 0 Å². The molecule has 0 unspecified atom stereocenters. The van der Waals surface area contributed by atoms with Crippen LogP contribution >= 0.6 is 0 Å². The Morgan fingerprint density at radius 3 is 1.88 bits per heavy atom. The fraction of sp³-hybridized carbons (Fsp3) is 0.917. The highest BCUT2D eigenvalue weighted by Gasteiger charge is 2.57. The van der Waals surface area contributed by atoms with Crippen LogP contribution in [0.5, 0.6) is 0 Å². The van der Waals surface area contributed by atoms with Crippen LogP contribution in [-0.2, 0) is 9.53 Å². The van der Waals surface area contributed by atoms with E-state index in [1.165, 1.54) is 0 Å². The first-order valence-corrected chi connectivity index (χ1v) is 6.20. The van der Waals surface area contributed by atoms with Crippen LogP contribution in [0.15, 0.2) is 0 Å². The number of carboxylic acids is 1. The van der Waals surface area contributed by atoms with E-state index in [9.17, 15) is 13.6 Å². The lowest BCUT2D eigenvalue weighted by Gasteiger charge is -2.56. The van der Waals surface area contributed by atoms with Gasteiger partial charge in [0.05, 0.1) is 5.60 Å². The van der Waals surface area contributed by atoms with Gasteiger partial charge in [-0.3, -0.25) is 0 Å². The summed E-state index contributed by atoms with van der Waals surface area (Å²) in [4.78, 5) is 10.5. The number of hydrogen-bond donors (Lipinski definition) is 1. The molecule has 0 aliphatic heterocycles. The van der Waals surface area contributed by atoms with Crippen LogP contribution in [0.25, 0.3) is 0 Å². The van der Waals surface area contributed by atoms with E-state index in [0.717, 1.165) is 19.3 Å². The van der Waals surface area contributed by atoms with Crippen molar-refractivity contribution in [2.45, 2.75) is 50.2 Å². The van der Waals surface area contributed by atoms with Crippen molar-refractivity contribution in [1.82, 2.24) is 0 Å². The third kappa shape index (κ3) is 1.84. The van der Waals surface area contributed by atoms with Gasteiger partial charge in [-0.05, 0) is 56.3 Å². The van der Waals surface area contributed by atoms with Gasteiger partial charge < -0.3 is 9.84 Å². The molecule has 4 bridgehead atoms. The average molecular weight is 246 g/mol. The van der Waals surface area contributed by atoms with E-state index in [0.29, 0.717) is 37.0 Å². The summed E-state index contributed by atoms with van der Waals surface area (Å²) in [6, 6.07) is 0. The van der Waals surface area contributed by atoms with Crippen molar-refractivity contribution < 1.29 is 23.4 Å². The van der Waals surface area contributed by atoms with Gasteiger partial charge >= 0.3 is 12.1 Å². The maximum absolute atomic E-state index is 13.2. The monoisotopic (exact) mass is 246 g/mol. The molecule has 0 saturated heterocycles. The highest BCUT2D eigenvalue weighted by atomic mass is 19.3. The second-order valence-corrected chi connectivity index (χ2v) is 6.02. The summed E-state index contributed by atoms with van der Waals surface area (Å²) in [6.45, 7) is 0. The zero-order valence-electron chi connectivity index (χ0n) is 9.49. The molecule has 0 radical (unpaired) electrons. The van der Waals surface area contributed by atoms with E-state index in [-0.39, 0.29) is 0 Å². The summed E-state index contributed by atoms with van der Waals surface area (Å²) < 4.78 is 31.2. The van der Waals surface area contributed by atoms with Crippen LogP contribution in [0, 0.1) is 17.8 Å². The Labute approximate surface area is 98.1 Å². The second-order valence-electron chi connectivity index (χ2n) is 6.02. The number of alkyl halides is 2. The number of carboxylic acid groups (broad SMARTS) is 1. The van der Waals surface area contributed by atoms with E-state index in [2.05, 4.69) is 0 Å². The molecule has 0 atom stereocenters. The van der Waals surface area contributed by atoms with Crippen molar-refractivity contribution in [2.24, 2.45) is 17.8 Å². The minimum atomic E-state index is -4.04. The fourth-order valence-electron chi connectivity index (χ4n) is 4.47. The van der Waals surface area contributed by atoms with Crippen LogP contribution in [0.2, 0.25) is 0 Å². The molecule has 4 aliphatic carbocycles. The number of ether oxygens (including phenoxy) is 1. The first-order valence-electron chi connectivity index (χ1n) is 6.20. The van der Waals surface area contributed by atoms with Crippen molar-refractivity contribution in [3.8, 4) is 0 Å². The Bertz CT molecular complexity index is 318. The fourth-order valence-corrected chi connectivity index (χ4v) is 4.47. The topological polar surface area (TPSA) is 46.5 Å². The predicted molar refractivity (Wildman–Crippen MR) is 54.6 cm³/mol. The van der Waals surface area contributed by atoms with Crippen molar-refractivity contribution >= 4 is 5.97 Å². The lowest BCUT2D eigenvalue weighted by Crippen LogP contribution is -2.55. The van der Waals surface area contributed by atoms with Gasteiger partial charge in [0.25, 0.3) is 0 Å². The van der Waals surface area contributed by atoms with Gasteiger partial charge in [-0.1, -0.05) is 0 Å². The second kappa shape index (κ2) is 3.40. The molecule has 4 saturated carbocycles. The molecule has 3 nitrogen and oxygen atoms in total. The van der Waals surface area contributed by atoms with Gasteiger partial charge in [-0.2, -0.15) is 8.78 Å². The summed E-state index contributed by atoms with van der Waals surface area (Å²) in [5.74, 6) is -0.782. The number of hydrogen-bond acceptors (Lipinski definition) is 2. The Hall–Kier alpha value is -0.710. The van der Waals surface area contributed by atoms with Gasteiger partial charge in [0.15, 0.2) is 0 Å². The maximum atomic E-state index is 13.2. The van der Waals surface area contributed by atoms with Gasteiger partial charge in [-0.25, -0.2) is 4.79 Å². The van der Waals surface area contributed by atoms with Gasteiger partial charge in [0.1, 0.15) is 0 Å². The normalized spacial score (nSPS) is 44.0. The van der Waals surface area contributed by atoms with Crippen molar-refractivity contribution in [1.29, 1.82) is 0 Å². The smallest absolute Gasteiger partial charge is 0.456 e. The average Bonchev–Trinajstić information content (AvgIpc) is 2.12. The molecular weight excluding hydrogens is 230 g/mol. The van der Waals surface area contributed by atoms with Crippen LogP contribution in [-0.4, -0.2) is 22.8 Å². The van der Waals surface area contributed by atoms with Crippen molar-refractivity contribution in [3.05, 3.63) is 0 Å². The molecule has 0 aromatic heterocycles.